The Morgan fingerprint density at radius 1 is 1.09 bits per heavy atom. The molecule has 3 heterocycles. The van der Waals surface area contributed by atoms with E-state index in [4.69, 9.17) is 4.98 Å². The third-order valence-corrected chi connectivity index (χ3v) is 6.91. The van der Waals surface area contributed by atoms with E-state index < -0.39 is 0 Å². The molecule has 5 rings (SSSR count). The van der Waals surface area contributed by atoms with Gasteiger partial charge in [0.1, 0.15) is 5.82 Å². The van der Waals surface area contributed by atoms with Crippen LogP contribution in [0.25, 0.3) is 11.4 Å². The second kappa shape index (κ2) is 8.94. The van der Waals surface area contributed by atoms with Crippen LogP contribution in [-0.4, -0.2) is 68.5 Å². The summed E-state index contributed by atoms with van der Waals surface area (Å²) in [4.78, 5) is 30.6. The Labute approximate surface area is 194 Å². The summed E-state index contributed by atoms with van der Waals surface area (Å²) in [6.45, 7) is 3.64. The molecular weight excluding hydrogens is 414 g/mol. The summed E-state index contributed by atoms with van der Waals surface area (Å²) in [6, 6.07) is 10.4. The van der Waals surface area contributed by atoms with Crippen LogP contribution in [-0.2, 0) is 0 Å². The number of amides is 1. The highest BCUT2D eigenvalue weighted by atomic mass is 16.2. The van der Waals surface area contributed by atoms with Crippen LogP contribution >= 0.6 is 0 Å². The average molecular weight is 446 g/mol. The Bertz CT molecular complexity index is 1130. The largest absolute Gasteiger partial charge is 0.337 e. The number of aryl methyl sites for hydroxylation is 1. The zero-order valence-electron chi connectivity index (χ0n) is 19.5. The van der Waals surface area contributed by atoms with Crippen molar-refractivity contribution in [3.05, 3.63) is 54.1 Å². The number of carbonyl (C=O) groups excluding carboxylic acids is 1. The second-order valence-corrected chi connectivity index (χ2v) is 9.27. The van der Waals surface area contributed by atoms with E-state index in [1.54, 1.807) is 6.20 Å². The lowest BCUT2D eigenvalue weighted by Gasteiger charge is -2.29. The Morgan fingerprint density at radius 2 is 1.88 bits per heavy atom. The van der Waals surface area contributed by atoms with Crippen LogP contribution in [0.5, 0.6) is 0 Å². The molecule has 2 aromatic heterocycles. The highest BCUT2D eigenvalue weighted by molar-refractivity contribution is 5.94. The highest BCUT2D eigenvalue weighted by Crippen LogP contribution is 2.36. The first-order valence-electron chi connectivity index (χ1n) is 11.7. The van der Waals surface area contributed by atoms with Crippen LogP contribution in [0.4, 0.5) is 11.6 Å². The molecule has 1 amide bonds. The van der Waals surface area contributed by atoms with E-state index in [2.05, 4.69) is 38.8 Å². The normalized spacial score (nSPS) is 18.5. The zero-order valence-corrected chi connectivity index (χ0v) is 19.5. The van der Waals surface area contributed by atoms with Crippen molar-refractivity contribution in [3.8, 4) is 11.4 Å². The number of anilines is 2. The van der Waals surface area contributed by atoms with E-state index in [0.717, 1.165) is 42.4 Å². The number of likely N-dealkylation sites (tertiary alicyclic amines) is 1. The Kier molecular flexibility index (Phi) is 5.85. The van der Waals surface area contributed by atoms with Gasteiger partial charge in [0.15, 0.2) is 0 Å². The minimum Gasteiger partial charge on any atom is -0.337 e. The third-order valence-electron chi connectivity index (χ3n) is 6.91. The second-order valence-electron chi connectivity index (χ2n) is 9.27. The van der Waals surface area contributed by atoms with E-state index >= 15 is 0 Å². The van der Waals surface area contributed by atoms with Crippen molar-refractivity contribution < 1.29 is 4.79 Å². The standard InChI is InChI=1S/C25H31N7O/c1-17-27-15-23(32(17)20-5-4-6-20)22-11-13-26-25(29-22)28-19-9-7-18(8-10-19)24(33)31-14-12-21(16-31)30(2)3/h7-11,13,15,20-21H,4-6,12,14,16H2,1-3H3,(H,26,28,29)/t21-/m1/s1. The molecule has 8 nitrogen and oxygen atoms in total. The van der Waals surface area contributed by atoms with Gasteiger partial charge in [0, 0.05) is 42.6 Å². The number of likely N-dealkylation sites (N-methyl/N-ethyl adjacent to an activating group) is 1. The SMILES string of the molecule is Cc1ncc(-c2ccnc(Nc3ccc(C(=O)N4CC[C@@H](N(C)C)C4)cc3)n2)n1C1CCC1. The molecule has 1 N–H and O–H groups in total. The molecule has 1 aliphatic heterocycles. The van der Waals surface area contributed by atoms with Crippen molar-refractivity contribution in [2.75, 3.05) is 32.5 Å². The van der Waals surface area contributed by atoms with Crippen molar-refractivity contribution in [1.29, 1.82) is 0 Å². The third kappa shape index (κ3) is 4.35. The van der Waals surface area contributed by atoms with E-state index in [0.29, 0.717) is 23.6 Å². The van der Waals surface area contributed by atoms with Crippen LogP contribution < -0.4 is 5.32 Å². The Morgan fingerprint density at radius 3 is 2.55 bits per heavy atom. The molecule has 33 heavy (non-hydrogen) atoms. The molecule has 1 saturated carbocycles. The van der Waals surface area contributed by atoms with Crippen molar-refractivity contribution in [2.45, 2.75) is 44.7 Å². The van der Waals surface area contributed by atoms with E-state index in [9.17, 15) is 4.79 Å². The first-order chi connectivity index (χ1) is 16.0. The van der Waals surface area contributed by atoms with Gasteiger partial charge < -0.3 is 19.7 Å². The zero-order chi connectivity index (χ0) is 22.9. The Balaban J connectivity index is 1.28. The number of nitrogens with zero attached hydrogens (tertiary/aromatic N) is 6. The predicted octanol–water partition coefficient (Wildman–Crippen LogP) is 3.89. The van der Waals surface area contributed by atoms with Gasteiger partial charge >= 0.3 is 0 Å². The van der Waals surface area contributed by atoms with Gasteiger partial charge in [-0.1, -0.05) is 0 Å². The number of hydrogen-bond donors (Lipinski definition) is 1. The molecular formula is C25H31N7O. The molecule has 1 aliphatic carbocycles. The summed E-state index contributed by atoms with van der Waals surface area (Å²) in [6.07, 6.45) is 8.34. The molecule has 1 atom stereocenters. The fraction of sp³-hybridized carbons (Fsp3) is 0.440. The van der Waals surface area contributed by atoms with Crippen molar-refractivity contribution in [3.63, 3.8) is 0 Å². The number of nitrogens with one attached hydrogen (secondary N) is 1. The number of carbonyl (C=O) groups is 1. The van der Waals surface area contributed by atoms with Gasteiger partial charge in [0.05, 0.1) is 17.6 Å². The minimum atomic E-state index is 0.0868. The van der Waals surface area contributed by atoms with Crippen LogP contribution in [0.1, 0.15) is 47.9 Å². The maximum atomic E-state index is 12.9. The molecule has 172 valence electrons. The summed E-state index contributed by atoms with van der Waals surface area (Å²) in [5.74, 6) is 1.64. The molecule has 3 aromatic rings. The van der Waals surface area contributed by atoms with Gasteiger partial charge in [-0.25, -0.2) is 15.0 Å². The quantitative estimate of drug-likeness (QED) is 0.620. The van der Waals surface area contributed by atoms with Crippen molar-refractivity contribution >= 4 is 17.5 Å². The number of rotatable bonds is 6. The smallest absolute Gasteiger partial charge is 0.253 e. The summed E-state index contributed by atoms with van der Waals surface area (Å²) < 4.78 is 2.30. The van der Waals surface area contributed by atoms with Crippen molar-refractivity contribution in [1.82, 2.24) is 29.3 Å². The van der Waals surface area contributed by atoms with E-state index in [-0.39, 0.29) is 5.91 Å². The first kappa shape index (κ1) is 21.6. The van der Waals surface area contributed by atoms with Gasteiger partial charge in [-0.15, -0.1) is 0 Å². The predicted molar refractivity (Wildman–Crippen MR) is 129 cm³/mol. The van der Waals surface area contributed by atoms with Gasteiger partial charge in [0.25, 0.3) is 5.91 Å². The summed E-state index contributed by atoms with van der Waals surface area (Å²) in [5.41, 5.74) is 3.44. The number of aromatic nitrogens is 4. The van der Waals surface area contributed by atoms with Gasteiger partial charge in [-0.3, -0.25) is 4.79 Å². The van der Waals surface area contributed by atoms with Crippen LogP contribution in [0, 0.1) is 6.92 Å². The summed E-state index contributed by atoms with van der Waals surface area (Å²) in [5, 5.41) is 3.27. The average Bonchev–Trinajstić information content (AvgIpc) is 3.41. The monoisotopic (exact) mass is 445 g/mol. The Hall–Kier alpha value is -3.26. The minimum absolute atomic E-state index is 0.0868. The first-order valence-corrected chi connectivity index (χ1v) is 11.7. The van der Waals surface area contributed by atoms with Crippen LogP contribution in [0.15, 0.2) is 42.7 Å². The lowest BCUT2D eigenvalue weighted by Crippen LogP contribution is -2.34. The molecule has 0 spiro atoms. The molecule has 1 saturated heterocycles. The van der Waals surface area contributed by atoms with E-state index in [1.807, 2.05) is 48.4 Å². The number of hydrogen-bond acceptors (Lipinski definition) is 6. The highest BCUT2D eigenvalue weighted by Gasteiger charge is 2.28. The topological polar surface area (TPSA) is 79.2 Å². The molecule has 0 radical (unpaired) electrons. The van der Waals surface area contributed by atoms with Gasteiger partial charge in [-0.2, -0.15) is 0 Å². The summed E-state index contributed by atoms with van der Waals surface area (Å²) >= 11 is 0. The van der Waals surface area contributed by atoms with E-state index in [1.165, 1.54) is 19.3 Å². The fourth-order valence-electron chi connectivity index (χ4n) is 4.67. The lowest BCUT2D eigenvalue weighted by atomic mass is 9.92. The van der Waals surface area contributed by atoms with Gasteiger partial charge in [-0.05, 0) is 77.0 Å². The maximum absolute atomic E-state index is 12.9. The molecule has 0 bridgehead atoms. The molecule has 0 unspecified atom stereocenters. The number of imidazole rings is 1. The van der Waals surface area contributed by atoms with Crippen LogP contribution in [0.2, 0.25) is 0 Å². The molecule has 2 fully saturated rings. The molecule has 2 aliphatic rings. The number of benzene rings is 1. The van der Waals surface area contributed by atoms with Crippen LogP contribution in [0.3, 0.4) is 0 Å². The molecule has 1 aromatic carbocycles. The fourth-order valence-corrected chi connectivity index (χ4v) is 4.67. The summed E-state index contributed by atoms with van der Waals surface area (Å²) in [7, 11) is 4.14. The molecule has 8 heteroatoms. The maximum Gasteiger partial charge on any atom is 0.253 e. The van der Waals surface area contributed by atoms with Crippen molar-refractivity contribution in [2.24, 2.45) is 0 Å². The van der Waals surface area contributed by atoms with Gasteiger partial charge in [0.2, 0.25) is 5.95 Å². The lowest BCUT2D eigenvalue weighted by molar-refractivity contribution is 0.0783.